The normalized spacial score (nSPS) is 16.1. The van der Waals surface area contributed by atoms with Crippen molar-refractivity contribution in [1.82, 2.24) is 15.6 Å². The molecule has 2 rings (SSSR count). The summed E-state index contributed by atoms with van der Waals surface area (Å²) in [7, 11) is 0. The molecule has 0 saturated carbocycles. The first kappa shape index (κ1) is 14.8. The van der Waals surface area contributed by atoms with E-state index in [0.717, 1.165) is 12.8 Å². The van der Waals surface area contributed by atoms with E-state index < -0.39 is 0 Å². The zero-order chi connectivity index (χ0) is 14.5. The third kappa shape index (κ3) is 3.69. The van der Waals surface area contributed by atoms with Crippen molar-refractivity contribution in [2.75, 3.05) is 18.0 Å². The Morgan fingerprint density at radius 3 is 3.10 bits per heavy atom. The molecule has 1 fully saturated rings. The van der Waals surface area contributed by atoms with Crippen molar-refractivity contribution in [3.05, 3.63) is 11.1 Å². The van der Waals surface area contributed by atoms with Crippen LogP contribution in [0.2, 0.25) is 0 Å². The van der Waals surface area contributed by atoms with Gasteiger partial charge in [-0.1, -0.05) is 13.3 Å². The van der Waals surface area contributed by atoms with Gasteiger partial charge >= 0.3 is 6.03 Å². The number of aromatic nitrogens is 1. The van der Waals surface area contributed by atoms with Crippen molar-refractivity contribution in [3.8, 4) is 0 Å². The second-order valence-electron chi connectivity index (χ2n) is 4.94. The molecular formula is C13H20N4O2S. The molecule has 1 aromatic rings. The van der Waals surface area contributed by atoms with E-state index in [1.54, 1.807) is 4.90 Å². The Hall–Kier alpha value is -1.63. The molecule has 0 spiro atoms. The van der Waals surface area contributed by atoms with Gasteiger partial charge < -0.3 is 10.6 Å². The molecule has 20 heavy (non-hydrogen) atoms. The lowest BCUT2D eigenvalue weighted by Crippen LogP contribution is -2.33. The van der Waals surface area contributed by atoms with Crippen molar-refractivity contribution in [3.63, 3.8) is 0 Å². The number of anilines is 1. The van der Waals surface area contributed by atoms with Gasteiger partial charge in [0, 0.05) is 24.5 Å². The molecule has 1 saturated heterocycles. The standard InChI is InChI=1S/C13H20N4O2S/c1-3-4-9(2)15-11(18)7-10-8-20-13(16-10)17-6-5-14-12(17)19/h8-9H,3-7H2,1-2H3,(H,14,19)(H,15,18). The highest BCUT2D eigenvalue weighted by atomic mass is 32.1. The minimum absolute atomic E-state index is 0.0197. The minimum Gasteiger partial charge on any atom is -0.353 e. The van der Waals surface area contributed by atoms with Gasteiger partial charge in [0.1, 0.15) is 0 Å². The van der Waals surface area contributed by atoms with Gasteiger partial charge in [-0.2, -0.15) is 0 Å². The SMILES string of the molecule is CCCC(C)NC(=O)Cc1csc(N2CCNC2=O)n1. The maximum atomic E-state index is 11.9. The molecule has 1 atom stereocenters. The van der Waals surface area contributed by atoms with Crippen molar-refractivity contribution < 1.29 is 9.59 Å². The van der Waals surface area contributed by atoms with Crippen molar-refractivity contribution in [2.45, 2.75) is 39.2 Å². The van der Waals surface area contributed by atoms with Gasteiger partial charge in [-0.05, 0) is 13.3 Å². The molecule has 0 radical (unpaired) electrons. The van der Waals surface area contributed by atoms with Crippen LogP contribution in [0.15, 0.2) is 5.38 Å². The van der Waals surface area contributed by atoms with Crippen LogP contribution in [0.5, 0.6) is 0 Å². The van der Waals surface area contributed by atoms with Gasteiger partial charge in [-0.15, -0.1) is 11.3 Å². The molecule has 1 aromatic heterocycles. The van der Waals surface area contributed by atoms with Gasteiger partial charge in [0.2, 0.25) is 5.91 Å². The smallest absolute Gasteiger partial charge is 0.323 e. The molecule has 6 nitrogen and oxygen atoms in total. The summed E-state index contributed by atoms with van der Waals surface area (Å²) in [5.74, 6) is -0.0197. The third-order valence-electron chi connectivity index (χ3n) is 3.10. The Morgan fingerprint density at radius 1 is 1.65 bits per heavy atom. The van der Waals surface area contributed by atoms with E-state index in [2.05, 4.69) is 22.5 Å². The molecule has 1 aliphatic rings. The summed E-state index contributed by atoms with van der Waals surface area (Å²) in [5, 5.41) is 8.18. The Bertz CT molecular complexity index is 488. The fourth-order valence-electron chi connectivity index (χ4n) is 2.15. The fraction of sp³-hybridized carbons (Fsp3) is 0.615. The quantitative estimate of drug-likeness (QED) is 0.836. The fourth-order valence-corrected chi connectivity index (χ4v) is 3.00. The molecule has 2 N–H and O–H groups in total. The van der Waals surface area contributed by atoms with Crippen LogP contribution in [0.3, 0.4) is 0 Å². The molecule has 2 heterocycles. The van der Waals surface area contributed by atoms with E-state index in [0.29, 0.717) is 23.9 Å². The second-order valence-corrected chi connectivity index (χ2v) is 5.78. The highest BCUT2D eigenvalue weighted by Gasteiger charge is 2.24. The molecule has 7 heteroatoms. The van der Waals surface area contributed by atoms with E-state index in [4.69, 9.17) is 0 Å². The summed E-state index contributed by atoms with van der Waals surface area (Å²) in [6.45, 7) is 5.37. The Labute approximate surface area is 122 Å². The molecule has 3 amide bonds. The number of hydrogen-bond donors (Lipinski definition) is 2. The summed E-state index contributed by atoms with van der Waals surface area (Å²) in [5.41, 5.74) is 0.714. The number of rotatable bonds is 6. The first-order chi connectivity index (χ1) is 9.60. The third-order valence-corrected chi connectivity index (χ3v) is 4.01. The number of hydrogen-bond acceptors (Lipinski definition) is 4. The minimum atomic E-state index is -0.119. The lowest BCUT2D eigenvalue weighted by atomic mass is 10.2. The highest BCUT2D eigenvalue weighted by molar-refractivity contribution is 7.14. The number of amides is 3. The van der Waals surface area contributed by atoms with E-state index in [9.17, 15) is 9.59 Å². The van der Waals surface area contributed by atoms with Crippen LogP contribution in [-0.2, 0) is 11.2 Å². The van der Waals surface area contributed by atoms with Gasteiger partial charge in [0.15, 0.2) is 5.13 Å². The number of nitrogens with one attached hydrogen (secondary N) is 2. The van der Waals surface area contributed by atoms with Crippen LogP contribution in [0, 0.1) is 0 Å². The molecular weight excluding hydrogens is 276 g/mol. The maximum absolute atomic E-state index is 11.9. The summed E-state index contributed by atoms with van der Waals surface area (Å²) in [6.07, 6.45) is 2.29. The van der Waals surface area contributed by atoms with E-state index in [1.165, 1.54) is 11.3 Å². The molecule has 0 aromatic carbocycles. The molecule has 0 aliphatic carbocycles. The van der Waals surface area contributed by atoms with Crippen molar-refractivity contribution in [2.24, 2.45) is 0 Å². The predicted molar refractivity (Wildman–Crippen MR) is 79.1 cm³/mol. The Balaban J connectivity index is 1.89. The topological polar surface area (TPSA) is 74.3 Å². The summed E-state index contributed by atoms with van der Waals surface area (Å²) in [4.78, 5) is 29.3. The number of carbonyl (C=O) groups is 2. The first-order valence-corrected chi connectivity index (χ1v) is 7.77. The summed E-state index contributed by atoms with van der Waals surface area (Å²) < 4.78 is 0. The highest BCUT2D eigenvalue weighted by Crippen LogP contribution is 2.22. The van der Waals surface area contributed by atoms with Gasteiger partial charge in [-0.25, -0.2) is 9.78 Å². The first-order valence-electron chi connectivity index (χ1n) is 6.89. The number of thiazole rings is 1. The lowest BCUT2D eigenvalue weighted by Gasteiger charge is -2.12. The van der Waals surface area contributed by atoms with Crippen LogP contribution < -0.4 is 15.5 Å². The van der Waals surface area contributed by atoms with Crippen LogP contribution >= 0.6 is 11.3 Å². The largest absolute Gasteiger partial charge is 0.353 e. The average molecular weight is 296 g/mol. The van der Waals surface area contributed by atoms with Gasteiger partial charge in [0.05, 0.1) is 12.1 Å². The number of urea groups is 1. The van der Waals surface area contributed by atoms with Crippen LogP contribution in [-0.4, -0.2) is 36.1 Å². The number of carbonyl (C=O) groups excluding carboxylic acids is 2. The zero-order valence-electron chi connectivity index (χ0n) is 11.8. The molecule has 1 unspecified atom stereocenters. The monoisotopic (exact) mass is 296 g/mol. The van der Waals surface area contributed by atoms with Crippen LogP contribution in [0.25, 0.3) is 0 Å². The Morgan fingerprint density at radius 2 is 2.45 bits per heavy atom. The maximum Gasteiger partial charge on any atom is 0.323 e. The van der Waals surface area contributed by atoms with Gasteiger partial charge in [-0.3, -0.25) is 9.69 Å². The van der Waals surface area contributed by atoms with E-state index in [1.807, 2.05) is 12.3 Å². The van der Waals surface area contributed by atoms with Crippen molar-refractivity contribution in [1.29, 1.82) is 0 Å². The average Bonchev–Trinajstić information content (AvgIpc) is 2.98. The zero-order valence-corrected chi connectivity index (χ0v) is 12.6. The van der Waals surface area contributed by atoms with Crippen LogP contribution in [0.4, 0.5) is 9.93 Å². The Kier molecular flexibility index (Phi) is 4.94. The number of nitrogens with zero attached hydrogens (tertiary/aromatic N) is 2. The summed E-state index contributed by atoms with van der Waals surface area (Å²) in [6, 6.07) is 0.0712. The summed E-state index contributed by atoms with van der Waals surface area (Å²) >= 11 is 1.40. The lowest BCUT2D eigenvalue weighted by molar-refractivity contribution is -0.121. The predicted octanol–water partition coefficient (Wildman–Crippen LogP) is 1.52. The van der Waals surface area contributed by atoms with Crippen LogP contribution in [0.1, 0.15) is 32.4 Å². The molecule has 110 valence electrons. The molecule has 1 aliphatic heterocycles. The van der Waals surface area contributed by atoms with E-state index in [-0.39, 0.29) is 24.4 Å². The molecule has 0 bridgehead atoms. The second kappa shape index (κ2) is 6.69. The van der Waals surface area contributed by atoms with Crippen molar-refractivity contribution >= 4 is 28.4 Å². The van der Waals surface area contributed by atoms with Gasteiger partial charge in [0.25, 0.3) is 0 Å². The van der Waals surface area contributed by atoms with E-state index >= 15 is 0 Å².